The van der Waals surface area contributed by atoms with Gasteiger partial charge in [0.05, 0.1) is 0 Å². The number of nitrogens with zero attached hydrogens (tertiary/aromatic N) is 1. The summed E-state index contributed by atoms with van der Waals surface area (Å²) in [6.45, 7) is 2.81. The Labute approximate surface area is 131 Å². The summed E-state index contributed by atoms with van der Waals surface area (Å²) in [6.07, 6.45) is 2.20. The van der Waals surface area contributed by atoms with Crippen molar-refractivity contribution >= 4 is 11.4 Å². The number of rotatable bonds is 3. The molecule has 0 amide bonds. The highest BCUT2D eigenvalue weighted by Gasteiger charge is 2.42. The summed E-state index contributed by atoms with van der Waals surface area (Å²) in [6, 6.07) is 20.6. The van der Waals surface area contributed by atoms with Gasteiger partial charge >= 0.3 is 0 Å². The zero-order chi connectivity index (χ0) is 14.9. The first kappa shape index (κ1) is 13.5. The molecule has 0 saturated carbocycles. The van der Waals surface area contributed by atoms with Crippen LogP contribution >= 0.6 is 0 Å². The number of ketones is 1. The van der Waals surface area contributed by atoms with Crippen molar-refractivity contribution in [3.8, 4) is 0 Å². The van der Waals surface area contributed by atoms with Crippen LogP contribution in [0.4, 0.5) is 0 Å². The van der Waals surface area contributed by atoms with Crippen molar-refractivity contribution in [2.75, 3.05) is 13.1 Å². The minimum atomic E-state index is 0.152. The van der Waals surface area contributed by atoms with Crippen LogP contribution in [0.2, 0.25) is 0 Å². The SMILES string of the molecule is O=C1C(c2ccccc2)=CC2CN(Cc3ccccc3)CC12. The fourth-order valence-electron chi connectivity index (χ4n) is 3.68. The molecule has 0 spiro atoms. The van der Waals surface area contributed by atoms with Gasteiger partial charge < -0.3 is 0 Å². The second-order valence-corrected chi connectivity index (χ2v) is 6.26. The van der Waals surface area contributed by atoms with Crippen molar-refractivity contribution < 1.29 is 4.79 Å². The van der Waals surface area contributed by atoms with Crippen LogP contribution in [0, 0.1) is 11.8 Å². The summed E-state index contributed by atoms with van der Waals surface area (Å²) < 4.78 is 0. The van der Waals surface area contributed by atoms with E-state index in [1.807, 2.05) is 36.4 Å². The van der Waals surface area contributed by atoms with Crippen molar-refractivity contribution in [1.29, 1.82) is 0 Å². The van der Waals surface area contributed by atoms with Crippen LogP contribution in [0.5, 0.6) is 0 Å². The van der Waals surface area contributed by atoms with E-state index in [-0.39, 0.29) is 5.92 Å². The van der Waals surface area contributed by atoms with Gasteiger partial charge in [-0.2, -0.15) is 0 Å². The fraction of sp³-hybridized carbons (Fsp3) is 0.250. The Kier molecular flexibility index (Phi) is 3.39. The molecule has 1 heterocycles. The quantitative estimate of drug-likeness (QED) is 0.863. The first-order chi connectivity index (χ1) is 10.8. The molecule has 0 radical (unpaired) electrons. The Hall–Kier alpha value is -2.19. The maximum Gasteiger partial charge on any atom is 0.168 e. The lowest BCUT2D eigenvalue weighted by atomic mass is 9.97. The zero-order valence-electron chi connectivity index (χ0n) is 12.5. The van der Waals surface area contributed by atoms with Gasteiger partial charge in [0.2, 0.25) is 0 Å². The van der Waals surface area contributed by atoms with E-state index >= 15 is 0 Å². The Morgan fingerprint density at radius 3 is 2.27 bits per heavy atom. The lowest BCUT2D eigenvalue weighted by Gasteiger charge is -2.16. The largest absolute Gasteiger partial charge is 0.298 e. The molecular weight excluding hydrogens is 270 g/mol. The highest BCUT2D eigenvalue weighted by Crippen LogP contribution is 2.38. The molecule has 1 fully saturated rings. The van der Waals surface area contributed by atoms with Crippen molar-refractivity contribution in [2.45, 2.75) is 6.54 Å². The van der Waals surface area contributed by atoms with Gasteiger partial charge in [0.1, 0.15) is 0 Å². The molecule has 0 bridgehead atoms. The second kappa shape index (κ2) is 5.54. The second-order valence-electron chi connectivity index (χ2n) is 6.26. The number of Topliss-reactive ketones (excluding diaryl/α,β-unsaturated/α-hetero) is 1. The monoisotopic (exact) mass is 289 g/mol. The lowest BCUT2D eigenvalue weighted by Crippen LogP contribution is -2.23. The maximum atomic E-state index is 12.7. The number of hydrogen-bond donors (Lipinski definition) is 0. The molecule has 2 heteroatoms. The number of likely N-dealkylation sites (tertiary alicyclic amines) is 1. The molecule has 4 rings (SSSR count). The Morgan fingerprint density at radius 1 is 0.909 bits per heavy atom. The minimum absolute atomic E-state index is 0.152. The molecular formula is C20H19NO. The standard InChI is InChI=1S/C20H19NO/c22-20-18(16-9-5-2-6-10-16)11-17-13-21(14-19(17)20)12-15-7-3-1-4-8-15/h1-11,17,19H,12-14H2. The van der Waals surface area contributed by atoms with Crippen LogP contribution in [0.15, 0.2) is 66.7 Å². The van der Waals surface area contributed by atoms with Gasteiger partial charge in [-0.1, -0.05) is 66.7 Å². The summed E-state index contributed by atoms with van der Waals surface area (Å²) >= 11 is 0. The van der Waals surface area contributed by atoms with E-state index in [0.29, 0.717) is 11.7 Å². The topological polar surface area (TPSA) is 20.3 Å². The van der Waals surface area contributed by atoms with E-state index in [0.717, 1.165) is 30.8 Å². The van der Waals surface area contributed by atoms with Crippen molar-refractivity contribution in [3.63, 3.8) is 0 Å². The molecule has 110 valence electrons. The summed E-state index contributed by atoms with van der Waals surface area (Å²) in [5, 5.41) is 0. The molecule has 0 N–H and O–H groups in total. The molecule has 2 atom stereocenters. The van der Waals surface area contributed by atoms with E-state index in [1.54, 1.807) is 0 Å². The first-order valence-electron chi connectivity index (χ1n) is 7.89. The van der Waals surface area contributed by atoms with E-state index < -0.39 is 0 Å². The molecule has 2 unspecified atom stereocenters. The summed E-state index contributed by atoms with van der Waals surface area (Å²) in [5.41, 5.74) is 3.31. The maximum absolute atomic E-state index is 12.7. The summed E-state index contributed by atoms with van der Waals surface area (Å²) in [4.78, 5) is 15.1. The third-order valence-electron chi connectivity index (χ3n) is 4.76. The summed E-state index contributed by atoms with van der Waals surface area (Å²) in [5.74, 6) is 0.858. The molecule has 2 aromatic rings. The molecule has 1 aliphatic carbocycles. The van der Waals surface area contributed by atoms with E-state index in [4.69, 9.17) is 0 Å². The molecule has 1 aliphatic heterocycles. The van der Waals surface area contributed by atoms with Crippen LogP contribution in [0.3, 0.4) is 0 Å². The van der Waals surface area contributed by atoms with E-state index in [2.05, 4.69) is 35.2 Å². The van der Waals surface area contributed by atoms with E-state index in [1.165, 1.54) is 5.56 Å². The number of hydrogen-bond acceptors (Lipinski definition) is 2. The average Bonchev–Trinajstić information content (AvgIpc) is 3.08. The number of carbonyl (C=O) groups excluding carboxylic acids is 1. The highest BCUT2D eigenvalue weighted by molar-refractivity contribution is 6.24. The first-order valence-corrected chi connectivity index (χ1v) is 7.89. The number of allylic oxidation sites excluding steroid dienone is 1. The molecule has 22 heavy (non-hydrogen) atoms. The Balaban J connectivity index is 1.50. The van der Waals surface area contributed by atoms with Gasteiger partial charge in [-0.15, -0.1) is 0 Å². The predicted octanol–water partition coefficient (Wildman–Crippen LogP) is 3.40. The fourth-order valence-corrected chi connectivity index (χ4v) is 3.68. The Bertz CT molecular complexity index is 705. The van der Waals surface area contributed by atoms with Crippen LogP contribution < -0.4 is 0 Å². The van der Waals surface area contributed by atoms with Gasteiger partial charge in [0.25, 0.3) is 0 Å². The molecule has 0 aromatic heterocycles. The third kappa shape index (κ3) is 2.40. The normalized spacial score (nSPS) is 24.4. The number of carbonyl (C=O) groups is 1. The number of benzene rings is 2. The summed E-state index contributed by atoms with van der Waals surface area (Å²) in [7, 11) is 0. The predicted molar refractivity (Wildman–Crippen MR) is 88.1 cm³/mol. The van der Waals surface area contributed by atoms with Gasteiger partial charge in [-0.25, -0.2) is 0 Å². The van der Waals surface area contributed by atoms with Crippen LogP contribution in [-0.2, 0) is 11.3 Å². The van der Waals surface area contributed by atoms with Crippen LogP contribution in [-0.4, -0.2) is 23.8 Å². The van der Waals surface area contributed by atoms with Crippen LogP contribution in [0.1, 0.15) is 11.1 Å². The number of fused-ring (bicyclic) bond motifs is 1. The third-order valence-corrected chi connectivity index (χ3v) is 4.76. The van der Waals surface area contributed by atoms with Crippen molar-refractivity contribution in [3.05, 3.63) is 77.9 Å². The molecule has 2 aromatic carbocycles. The molecule has 2 aliphatic rings. The van der Waals surface area contributed by atoms with Gasteiger partial charge in [0, 0.05) is 37.0 Å². The lowest BCUT2D eigenvalue weighted by molar-refractivity contribution is -0.116. The highest BCUT2D eigenvalue weighted by atomic mass is 16.1. The Morgan fingerprint density at radius 2 is 1.59 bits per heavy atom. The minimum Gasteiger partial charge on any atom is -0.298 e. The van der Waals surface area contributed by atoms with Gasteiger partial charge in [-0.05, 0) is 11.1 Å². The smallest absolute Gasteiger partial charge is 0.168 e. The van der Waals surface area contributed by atoms with E-state index in [9.17, 15) is 4.79 Å². The van der Waals surface area contributed by atoms with Crippen molar-refractivity contribution in [2.24, 2.45) is 11.8 Å². The average molecular weight is 289 g/mol. The van der Waals surface area contributed by atoms with Crippen LogP contribution in [0.25, 0.3) is 5.57 Å². The van der Waals surface area contributed by atoms with Gasteiger partial charge in [0.15, 0.2) is 5.78 Å². The van der Waals surface area contributed by atoms with Gasteiger partial charge in [-0.3, -0.25) is 9.69 Å². The molecule has 2 nitrogen and oxygen atoms in total. The zero-order valence-corrected chi connectivity index (χ0v) is 12.5. The molecule has 1 saturated heterocycles. The van der Waals surface area contributed by atoms with Crippen molar-refractivity contribution in [1.82, 2.24) is 4.90 Å².